The summed E-state index contributed by atoms with van der Waals surface area (Å²) in [4.78, 5) is 10.6. The van der Waals surface area contributed by atoms with Crippen molar-refractivity contribution in [3.8, 4) is 5.75 Å². The lowest BCUT2D eigenvalue weighted by atomic mass is 10.0. The van der Waals surface area contributed by atoms with E-state index in [4.69, 9.17) is 10.6 Å². The second-order valence-corrected chi connectivity index (χ2v) is 4.61. The number of hydrogen-bond acceptors (Lipinski definition) is 6. The van der Waals surface area contributed by atoms with Crippen LogP contribution in [0.5, 0.6) is 5.75 Å². The van der Waals surface area contributed by atoms with Crippen molar-refractivity contribution in [3.63, 3.8) is 0 Å². The molecule has 0 bridgehead atoms. The topological polar surface area (TPSA) is 76.3 Å². The van der Waals surface area contributed by atoms with Crippen LogP contribution in [0.3, 0.4) is 0 Å². The molecule has 1 aromatic rings. The fraction of sp³-hybridized carbons (Fsp3) is 0.667. The number of nitrogens with one attached hydrogen (secondary N) is 1. The van der Waals surface area contributed by atoms with Crippen LogP contribution in [-0.2, 0) is 0 Å². The molecule has 100 valence electrons. The van der Waals surface area contributed by atoms with E-state index in [-0.39, 0.29) is 0 Å². The van der Waals surface area contributed by atoms with Crippen molar-refractivity contribution in [3.05, 3.63) is 6.33 Å². The highest BCUT2D eigenvalue weighted by Crippen LogP contribution is 2.34. The summed E-state index contributed by atoms with van der Waals surface area (Å²) in [6, 6.07) is 0. The molecule has 6 nitrogen and oxygen atoms in total. The van der Waals surface area contributed by atoms with Crippen molar-refractivity contribution in [1.82, 2.24) is 9.97 Å². The Bertz CT molecular complexity index is 398. The van der Waals surface area contributed by atoms with Gasteiger partial charge in [-0.1, -0.05) is 13.3 Å². The largest absolute Gasteiger partial charge is 0.490 e. The molecule has 2 heterocycles. The van der Waals surface area contributed by atoms with E-state index in [1.165, 1.54) is 25.6 Å². The van der Waals surface area contributed by atoms with Gasteiger partial charge in [0.15, 0.2) is 11.6 Å². The fourth-order valence-electron chi connectivity index (χ4n) is 2.55. The Labute approximate surface area is 108 Å². The third-order valence-electron chi connectivity index (χ3n) is 3.41. The minimum atomic E-state index is 0.529. The Morgan fingerprint density at radius 2 is 2.39 bits per heavy atom. The van der Waals surface area contributed by atoms with Crippen LogP contribution < -0.4 is 20.9 Å². The summed E-state index contributed by atoms with van der Waals surface area (Å²) in [5.41, 5.74) is 2.54. The van der Waals surface area contributed by atoms with Gasteiger partial charge in [0.25, 0.3) is 0 Å². The van der Waals surface area contributed by atoms with E-state index in [1.807, 2.05) is 0 Å². The van der Waals surface area contributed by atoms with Gasteiger partial charge < -0.3 is 15.1 Å². The molecule has 1 fully saturated rings. The number of hydrazine groups is 1. The highest BCUT2D eigenvalue weighted by atomic mass is 16.5. The smallest absolute Gasteiger partial charge is 0.205 e. The monoisotopic (exact) mass is 251 g/mol. The number of rotatable bonds is 5. The fourth-order valence-corrected chi connectivity index (χ4v) is 2.55. The molecule has 1 atom stereocenters. The van der Waals surface area contributed by atoms with Gasteiger partial charge in [0, 0.05) is 13.1 Å². The first-order valence-corrected chi connectivity index (χ1v) is 6.40. The zero-order chi connectivity index (χ0) is 13.0. The predicted molar refractivity (Wildman–Crippen MR) is 71.6 cm³/mol. The molecule has 1 aromatic heterocycles. The minimum Gasteiger partial charge on any atom is -0.490 e. The average molecular weight is 251 g/mol. The molecule has 2 rings (SSSR count). The van der Waals surface area contributed by atoms with Gasteiger partial charge in [-0.15, -0.1) is 0 Å². The molecule has 1 saturated heterocycles. The van der Waals surface area contributed by atoms with Crippen LogP contribution in [0.2, 0.25) is 0 Å². The van der Waals surface area contributed by atoms with E-state index in [0.29, 0.717) is 11.6 Å². The van der Waals surface area contributed by atoms with Gasteiger partial charge in [0.1, 0.15) is 6.33 Å². The Morgan fingerprint density at radius 3 is 3.06 bits per heavy atom. The highest BCUT2D eigenvalue weighted by molar-refractivity contribution is 5.64. The summed E-state index contributed by atoms with van der Waals surface area (Å²) in [5, 5.41) is 0. The van der Waals surface area contributed by atoms with Crippen LogP contribution in [0.25, 0.3) is 0 Å². The van der Waals surface area contributed by atoms with E-state index < -0.39 is 0 Å². The van der Waals surface area contributed by atoms with Crippen molar-refractivity contribution in [2.45, 2.75) is 26.2 Å². The van der Waals surface area contributed by atoms with Crippen LogP contribution in [-0.4, -0.2) is 30.2 Å². The molecule has 0 aliphatic carbocycles. The van der Waals surface area contributed by atoms with E-state index in [0.717, 1.165) is 24.8 Å². The number of hydrogen-bond donors (Lipinski definition) is 2. The van der Waals surface area contributed by atoms with E-state index in [1.54, 1.807) is 7.11 Å². The van der Waals surface area contributed by atoms with Crippen molar-refractivity contribution in [1.29, 1.82) is 0 Å². The Morgan fingerprint density at radius 1 is 1.56 bits per heavy atom. The molecule has 18 heavy (non-hydrogen) atoms. The lowest BCUT2D eigenvalue weighted by Gasteiger charge is -2.20. The molecule has 1 aliphatic rings. The maximum absolute atomic E-state index is 5.43. The van der Waals surface area contributed by atoms with Crippen LogP contribution >= 0.6 is 0 Å². The summed E-state index contributed by atoms with van der Waals surface area (Å²) < 4.78 is 5.37. The normalized spacial score (nSPS) is 19.1. The molecule has 1 unspecified atom stereocenters. The van der Waals surface area contributed by atoms with Crippen molar-refractivity contribution < 1.29 is 4.74 Å². The lowest BCUT2D eigenvalue weighted by molar-refractivity contribution is 0.412. The number of aromatic nitrogens is 2. The van der Waals surface area contributed by atoms with Crippen LogP contribution in [0.1, 0.15) is 26.2 Å². The maximum atomic E-state index is 5.43. The molecule has 3 N–H and O–H groups in total. The number of nitrogens with zero attached hydrogens (tertiary/aromatic N) is 3. The third-order valence-corrected chi connectivity index (χ3v) is 3.41. The SMILES string of the molecule is CCCC1CCN(c2ncnc(NN)c2OC)C1. The Kier molecular flexibility index (Phi) is 4.19. The second kappa shape index (κ2) is 5.86. The number of nitrogen functional groups attached to an aromatic ring is 1. The summed E-state index contributed by atoms with van der Waals surface area (Å²) in [6.45, 7) is 4.28. The van der Waals surface area contributed by atoms with E-state index in [2.05, 4.69) is 27.2 Å². The first-order chi connectivity index (χ1) is 8.80. The molecule has 0 aromatic carbocycles. The van der Waals surface area contributed by atoms with Crippen molar-refractivity contribution in [2.75, 3.05) is 30.5 Å². The van der Waals surface area contributed by atoms with Gasteiger partial charge in [-0.2, -0.15) is 0 Å². The van der Waals surface area contributed by atoms with Crippen LogP contribution in [0.4, 0.5) is 11.6 Å². The summed E-state index contributed by atoms with van der Waals surface area (Å²) in [6.07, 6.45) is 5.23. The Hall–Kier alpha value is -1.56. The molecule has 6 heteroatoms. The molecule has 0 amide bonds. The Balaban J connectivity index is 2.18. The summed E-state index contributed by atoms with van der Waals surface area (Å²) >= 11 is 0. The zero-order valence-electron chi connectivity index (χ0n) is 11.0. The molecule has 1 aliphatic heterocycles. The standard InChI is InChI=1S/C12H21N5O/c1-3-4-9-5-6-17(7-9)12-10(18-2)11(16-13)14-8-15-12/h8-9H,3-7,13H2,1-2H3,(H,14,15,16). The summed E-state index contributed by atoms with van der Waals surface area (Å²) in [5.74, 6) is 8.17. The van der Waals surface area contributed by atoms with E-state index >= 15 is 0 Å². The van der Waals surface area contributed by atoms with Gasteiger partial charge in [0.2, 0.25) is 5.75 Å². The first kappa shape index (κ1) is 12.9. The van der Waals surface area contributed by atoms with E-state index in [9.17, 15) is 0 Å². The van der Waals surface area contributed by atoms with Gasteiger partial charge in [-0.05, 0) is 18.8 Å². The minimum absolute atomic E-state index is 0.529. The third kappa shape index (κ3) is 2.48. The number of ether oxygens (including phenoxy) is 1. The second-order valence-electron chi connectivity index (χ2n) is 4.61. The van der Waals surface area contributed by atoms with Gasteiger partial charge >= 0.3 is 0 Å². The molecule has 0 saturated carbocycles. The quantitative estimate of drug-likeness (QED) is 0.608. The number of anilines is 2. The first-order valence-electron chi connectivity index (χ1n) is 6.40. The molecule has 0 radical (unpaired) electrons. The zero-order valence-corrected chi connectivity index (χ0v) is 11.0. The number of methoxy groups -OCH3 is 1. The number of nitrogens with two attached hydrogens (primary N) is 1. The summed E-state index contributed by atoms with van der Waals surface area (Å²) in [7, 11) is 1.61. The van der Waals surface area contributed by atoms with Crippen molar-refractivity contribution in [2.24, 2.45) is 11.8 Å². The van der Waals surface area contributed by atoms with Crippen LogP contribution in [0.15, 0.2) is 6.33 Å². The molecular formula is C12H21N5O. The van der Waals surface area contributed by atoms with Gasteiger partial charge in [-0.3, -0.25) is 0 Å². The van der Waals surface area contributed by atoms with Gasteiger partial charge in [0.05, 0.1) is 7.11 Å². The molecule has 0 spiro atoms. The molecular weight excluding hydrogens is 230 g/mol. The maximum Gasteiger partial charge on any atom is 0.205 e. The predicted octanol–water partition coefficient (Wildman–Crippen LogP) is 1.40. The van der Waals surface area contributed by atoms with Gasteiger partial charge in [-0.25, -0.2) is 15.8 Å². The highest BCUT2D eigenvalue weighted by Gasteiger charge is 2.26. The van der Waals surface area contributed by atoms with Crippen LogP contribution in [0, 0.1) is 5.92 Å². The average Bonchev–Trinajstić information content (AvgIpc) is 2.86. The lowest BCUT2D eigenvalue weighted by Crippen LogP contribution is -2.22. The van der Waals surface area contributed by atoms with Crippen molar-refractivity contribution >= 4 is 11.6 Å².